The Kier molecular flexibility index (Phi) is 3.66. The lowest BCUT2D eigenvalue weighted by atomic mass is 10.4. The maximum Gasteiger partial charge on any atom is 0.185 e. The quantitative estimate of drug-likeness (QED) is 0.751. The van der Waals surface area contributed by atoms with Crippen LogP contribution in [0.4, 0.5) is 0 Å². The lowest BCUT2D eigenvalue weighted by molar-refractivity contribution is 1.29. The second-order valence-corrected chi connectivity index (χ2v) is 4.02. The van der Waals surface area contributed by atoms with Gasteiger partial charge < -0.3 is 0 Å². The van der Waals surface area contributed by atoms with E-state index in [-0.39, 0.29) is 0 Å². The molecule has 0 saturated heterocycles. The van der Waals surface area contributed by atoms with E-state index in [2.05, 4.69) is 4.98 Å². The van der Waals surface area contributed by atoms with E-state index in [4.69, 9.17) is 34.8 Å². The minimum absolute atomic E-state index is 0.466. The van der Waals surface area contributed by atoms with Gasteiger partial charge in [-0.3, -0.25) is 0 Å². The zero-order valence-corrected chi connectivity index (χ0v) is 8.44. The van der Waals surface area contributed by atoms with E-state index in [1.807, 2.05) is 0 Å². The molecule has 1 aromatic heterocycles. The van der Waals surface area contributed by atoms with Gasteiger partial charge in [-0.1, -0.05) is 40.9 Å². The Morgan fingerprint density at radius 2 is 2.18 bits per heavy atom. The highest BCUT2D eigenvalue weighted by Crippen LogP contribution is 2.26. The topological polar surface area (TPSA) is 12.9 Å². The molecule has 0 N–H and O–H groups in total. The molecule has 11 heavy (non-hydrogen) atoms. The fourth-order valence-corrected chi connectivity index (χ4v) is 2.06. The molecule has 1 heterocycles. The third kappa shape index (κ3) is 2.64. The van der Waals surface area contributed by atoms with Gasteiger partial charge in [0.1, 0.15) is 5.15 Å². The van der Waals surface area contributed by atoms with Crippen LogP contribution in [-0.2, 0) is 6.42 Å². The second kappa shape index (κ2) is 4.31. The summed E-state index contributed by atoms with van der Waals surface area (Å²) in [5, 5.41) is 0.467. The molecule has 0 unspecified atom stereocenters. The summed E-state index contributed by atoms with van der Waals surface area (Å²) in [5.41, 5.74) is 1.45. The predicted molar refractivity (Wildman–Crippen MR) is 50.8 cm³/mol. The molecule has 0 amide bonds. The number of hydrogen-bond donors (Lipinski definition) is 0. The smallest absolute Gasteiger partial charge is 0.185 e. The largest absolute Gasteiger partial charge is 0.213 e. The maximum atomic E-state index is 5.72. The van der Waals surface area contributed by atoms with Crippen molar-refractivity contribution in [1.82, 2.24) is 4.98 Å². The molecule has 1 rings (SSSR count). The summed E-state index contributed by atoms with van der Waals surface area (Å²) in [7, 11) is 0. The van der Waals surface area contributed by atoms with E-state index in [0.717, 1.165) is 4.88 Å². The first-order chi connectivity index (χ1) is 5.24. The van der Waals surface area contributed by atoms with Gasteiger partial charge in [0.05, 0.1) is 0 Å². The van der Waals surface area contributed by atoms with Crippen LogP contribution >= 0.6 is 46.1 Å². The number of hydrogen-bond acceptors (Lipinski definition) is 2. The third-order valence-electron chi connectivity index (χ3n) is 1.02. The molecule has 5 heteroatoms. The fraction of sp³-hybridized carbons (Fsp3) is 0.167. The number of rotatable bonds is 2. The van der Waals surface area contributed by atoms with Gasteiger partial charge in [0, 0.05) is 16.8 Å². The molecule has 1 nitrogen and oxygen atoms in total. The zero-order chi connectivity index (χ0) is 8.27. The first-order valence-corrected chi connectivity index (χ1v) is 4.81. The summed E-state index contributed by atoms with van der Waals surface area (Å²) >= 11 is 18.0. The summed E-state index contributed by atoms with van der Waals surface area (Å²) in [4.78, 5) is 4.77. The minimum Gasteiger partial charge on any atom is -0.213 e. The van der Waals surface area contributed by atoms with Gasteiger partial charge in [0.15, 0.2) is 4.47 Å². The molecule has 0 aliphatic carbocycles. The molecule has 0 atom stereocenters. The molecule has 0 aromatic carbocycles. The van der Waals surface area contributed by atoms with Crippen LogP contribution in [0, 0.1) is 0 Å². The van der Waals surface area contributed by atoms with Gasteiger partial charge in [-0.25, -0.2) is 4.98 Å². The standard InChI is InChI=1S/C6H4Cl3NS/c7-3-1-2-4-5(8)10-6(9)11-4/h1,3H,2H2. The van der Waals surface area contributed by atoms with E-state index in [1.165, 1.54) is 16.9 Å². The second-order valence-electron chi connectivity index (χ2n) is 1.75. The van der Waals surface area contributed by atoms with Crippen LogP contribution in [0.5, 0.6) is 0 Å². The highest BCUT2D eigenvalue weighted by Gasteiger charge is 2.04. The summed E-state index contributed by atoms with van der Waals surface area (Å²) in [5.74, 6) is 0. The third-order valence-corrected chi connectivity index (χ3v) is 2.80. The van der Waals surface area contributed by atoms with Gasteiger partial charge in [-0.15, -0.1) is 11.3 Å². The van der Waals surface area contributed by atoms with E-state index in [0.29, 0.717) is 16.0 Å². The van der Waals surface area contributed by atoms with Crippen molar-refractivity contribution < 1.29 is 0 Å². The first kappa shape index (κ1) is 9.33. The summed E-state index contributed by atoms with van der Waals surface area (Å²) in [6.07, 6.45) is 2.48. The van der Waals surface area contributed by atoms with Crippen molar-refractivity contribution in [3.05, 3.63) is 26.1 Å². The Morgan fingerprint density at radius 1 is 1.45 bits per heavy atom. The average molecular weight is 229 g/mol. The summed E-state index contributed by atoms with van der Waals surface area (Å²) in [6.45, 7) is 0. The van der Waals surface area contributed by atoms with Crippen LogP contribution in [-0.4, -0.2) is 4.98 Å². The summed E-state index contributed by atoms with van der Waals surface area (Å²) < 4.78 is 0.466. The molecule has 60 valence electrons. The van der Waals surface area contributed by atoms with Crippen molar-refractivity contribution in [3.8, 4) is 0 Å². The molecule has 0 radical (unpaired) electrons. The van der Waals surface area contributed by atoms with Crippen LogP contribution in [0.25, 0.3) is 0 Å². The number of aromatic nitrogens is 1. The Hall–Kier alpha value is 0.240. The van der Waals surface area contributed by atoms with Crippen molar-refractivity contribution in [2.75, 3.05) is 0 Å². The van der Waals surface area contributed by atoms with Gasteiger partial charge in [-0.05, 0) is 0 Å². The average Bonchev–Trinajstić information content (AvgIpc) is 2.26. The van der Waals surface area contributed by atoms with Crippen LogP contribution in [0.2, 0.25) is 9.62 Å². The Labute approximate surface area is 83.6 Å². The highest BCUT2D eigenvalue weighted by atomic mass is 35.5. The molecule has 1 aromatic rings. The lowest BCUT2D eigenvalue weighted by Gasteiger charge is -1.85. The molecular weight excluding hydrogens is 224 g/mol. The maximum absolute atomic E-state index is 5.72. The van der Waals surface area contributed by atoms with Crippen molar-refractivity contribution in [2.45, 2.75) is 6.42 Å². The van der Waals surface area contributed by atoms with E-state index in [1.54, 1.807) is 6.08 Å². The summed E-state index contributed by atoms with van der Waals surface area (Å²) in [6, 6.07) is 0. The molecular formula is C6H4Cl3NS. The van der Waals surface area contributed by atoms with E-state index < -0.39 is 0 Å². The molecule has 0 aliphatic rings. The Bertz CT molecular complexity index is 269. The number of halogens is 3. The van der Waals surface area contributed by atoms with Crippen LogP contribution in [0.15, 0.2) is 11.6 Å². The monoisotopic (exact) mass is 227 g/mol. The minimum atomic E-state index is 0.466. The molecule has 0 aliphatic heterocycles. The Morgan fingerprint density at radius 3 is 2.64 bits per heavy atom. The highest BCUT2D eigenvalue weighted by molar-refractivity contribution is 7.16. The lowest BCUT2D eigenvalue weighted by Crippen LogP contribution is -1.73. The van der Waals surface area contributed by atoms with Crippen LogP contribution in [0.1, 0.15) is 4.88 Å². The van der Waals surface area contributed by atoms with Crippen molar-refractivity contribution >= 4 is 46.1 Å². The van der Waals surface area contributed by atoms with Crippen LogP contribution < -0.4 is 0 Å². The number of nitrogens with zero attached hydrogens (tertiary/aromatic N) is 1. The SMILES string of the molecule is ClC=CCc1sc(Cl)nc1Cl. The predicted octanol–water partition coefficient (Wildman–Crippen LogP) is 3.74. The van der Waals surface area contributed by atoms with Gasteiger partial charge >= 0.3 is 0 Å². The molecule has 0 spiro atoms. The van der Waals surface area contributed by atoms with Gasteiger partial charge in [0.25, 0.3) is 0 Å². The molecule has 0 bridgehead atoms. The van der Waals surface area contributed by atoms with Crippen molar-refractivity contribution in [3.63, 3.8) is 0 Å². The fourth-order valence-electron chi connectivity index (χ4n) is 0.584. The zero-order valence-electron chi connectivity index (χ0n) is 5.35. The normalized spacial score (nSPS) is 11.2. The van der Waals surface area contributed by atoms with Gasteiger partial charge in [0.2, 0.25) is 0 Å². The number of allylic oxidation sites excluding steroid dienone is 1. The molecule has 0 saturated carbocycles. The molecule has 0 fully saturated rings. The van der Waals surface area contributed by atoms with E-state index in [9.17, 15) is 0 Å². The van der Waals surface area contributed by atoms with Crippen molar-refractivity contribution in [2.24, 2.45) is 0 Å². The first-order valence-electron chi connectivity index (χ1n) is 2.80. The van der Waals surface area contributed by atoms with Crippen LogP contribution in [0.3, 0.4) is 0 Å². The Balaban J connectivity index is 2.77. The number of thiazole rings is 1. The van der Waals surface area contributed by atoms with Crippen molar-refractivity contribution in [1.29, 1.82) is 0 Å². The van der Waals surface area contributed by atoms with E-state index >= 15 is 0 Å². The van der Waals surface area contributed by atoms with Gasteiger partial charge in [-0.2, -0.15) is 0 Å².